The van der Waals surface area contributed by atoms with Crippen molar-refractivity contribution in [3.63, 3.8) is 0 Å². The maximum Gasteiger partial charge on any atom is 0.0994 e. The van der Waals surface area contributed by atoms with Crippen molar-refractivity contribution >= 4 is 63.1 Å². The molecule has 0 atom stereocenters. The highest BCUT2D eigenvalue weighted by Gasteiger charge is 1.97. The summed E-state index contributed by atoms with van der Waals surface area (Å²) in [6.07, 6.45) is 0. The van der Waals surface area contributed by atoms with Crippen LogP contribution in [0.5, 0.6) is 0 Å². The van der Waals surface area contributed by atoms with Crippen LogP contribution in [0.4, 0.5) is 23.5 Å². The minimum atomic E-state index is 0. The molecule has 55 heavy (non-hydrogen) atoms. The Morgan fingerprint density at radius 3 is 0.509 bits per heavy atom. The van der Waals surface area contributed by atoms with E-state index in [1.165, 1.54) is 0 Å². The topological polar surface area (TPSA) is 119 Å². The van der Waals surface area contributed by atoms with Crippen molar-refractivity contribution in [2.45, 2.75) is 59.1 Å². The van der Waals surface area contributed by atoms with Crippen molar-refractivity contribution in [3.8, 4) is 30.3 Å². The molecule has 5 nitrogen and oxygen atoms in total. The highest BCUT2D eigenvalue weighted by Crippen LogP contribution is 2.15. The van der Waals surface area contributed by atoms with E-state index in [0.717, 1.165) is 80.1 Å². The third kappa shape index (κ3) is 22.1. The van der Waals surface area contributed by atoms with Gasteiger partial charge in [0.1, 0.15) is 0 Å². The summed E-state index contributed by atoms with van der Waals surface area (Å²) in [4.78, 5) is 4.50. The van der Waals surface area contributed by atoms with Crippen LogP contribution in [0.1, 0.15) is 55.6 Å². The lowest BCUT2D eigenvalue weighted by Crippen LogP contribution is -1.79. The molecule has 0 aromatic heterocycles. The minimum absolute atomic E-state index is 0. The molecule has 0 unspecified atom stereocenters. The van der Waals surface area contributed by atoms with Crippen molar-refractivity contribution in [1.29, 1.82) is 26.3 Å². The second-order valence-corrected chi connectivity index (χ2v) is 13.1. The van der Waals surface area contributed by atoms with E-state index >= 15 is 0 Å². The molecule has 0 saturated carbocycles. The fraction of sp³-hybridized carbons (Fsp3) is 0.125. The molecule has 0 heterocycles. The summed E-state index contributed by atoms with van der Waals surface area (Å²) >= 11 is 20.7. The lowest BCUT2D eigenvalue weighted by atomic mass is 10.1. The average molecular weight is 846 g/mol. The molecule has 0 radical (unpaired) electrons. The summed E-state index contributed by atoms with van der Waals surface area (Å²) in [5.41, 5.74) is 8.51. The number of halogens is 5. The average Bonchev–Trinajstić information content (AvgIpc) is 3.06. The van der Waals surface area contributed by atoms with Crippen LogP contribution in [-0.2, 0) is 0 Å². The molecule has 0 N–H and O–H groups in total. The zero-order valence-electron chi connectivity index (χ0n) is 30.2. The van der Waals surface area contributed by atoms with Gasteiger partial charge in [0.05, 0.1) is 58.2 Å². The second kappa shape index (κ2) is 31.3. The van der Waals surface area contributed by atoms with Crippen molar-refractivity contribution in [2.75, 3.05) is 0 Å². The predicted octanol–water partition coefficient (Wildman–Crippen LogP) is 11.5. The van der Waals surface area contributed by atoms with Crippen LogP contribution in [0.2, 0.25) is 0 Å². The van der Waals surface area contributed by atoms with Crippen LogP contribution in [0.15, 0.2) is 115 Å². The summed E-state index contributed by atoms with van der Waals surface area (Å²) in [5.74, 6) is 0. The van der Waals surface area contributed by atoms with E-state index in [2.05, 4.69) is 93.5 Å². The van der Waals surface area contributed by atoms with Gasteiger partial charge in [0.2, 0.25) is 0 Å². The molecule has 5 aromatic rings. The van der Waals surface area contributed by atoms with Gasteiger partial charge in [-0.05, 0) is 153 Å². The predicted molar refractivity (Wildman–Crippen MR) is 228 cm³/mol. The van der Waals surface area contributed by atoms with E-state index in [-0.39, 0.29) is 23.5 Å². The van der Waals surface area contributed by atoms with Gasteiger partial charge in [-0.15, -0.1) is 63.1 Å². The fourth-order valence-corrected chi connectivity index (χ4v) is 5.21. The van der Waals surface area contributed by atoms with Gasteiger partial charge >= 0.3 is 0 Å². The van der Waals surface area contributed by atoms with Gasteiger partial charge in [0, 0.05) is 24.5 Å². The lowest BCUT2D eigenvalue weighted by Gasteiger charge is -1.95. The van der Waals surface area contributed by atoms with Crippen LogP contribution in [0, 0.1) is 91.3 Å². The molecule has 290 valence electrons. The van der Waals surface area contributed by atoms with Gasteiger partial charge in [-0.3, -0.25) is 23.5 Å². The summed E-state index contributed by atoms with van der Waals surface area (Å²) < 4.78 is 0. The van der Waals surface area contributed by atoms with Crippen LogP contribution < -0.4 is 0 Å². The van der Waals surface area contributed by atoms with E-state index in [0.29, 0.717) is 0 Å². The van der Waals surface area contributed by atoms with E-state index < -0.39 is 0 Å². The van der Waals surface area contributed by atoms with Gasteiger partial charge in [-0.1, -0.05) is 0 Å². The molecule has 0 aliphatic rings. The van der Waals surface area contributed by atoms with Crippen LogP contribution in [-0.4, -0.2) is 0 Å². The Hall–Kier alpha value is -5.05. The molecule has 0 aliphatic heterocycles. The molecule has 0 saturated heterocycles. The third-order valence-electron chi connectivity index (χ3n) is 6.65. The first-order valence-corrected chi connectivity index (χ1v) is 16.9. The molecule has 0 bridgehead atoms. The summed E-state index contributed by atoms with van der Waals surface area (Å²) in [6, 6.07) is 37.8. The SMILES string of the molecule is Cc1cc(S)ccc1C#N.Cc1cc(S)ccc1C#N.Cc1cc(S)ccc1C#N.Cc1cc(S)ccc1C#N.Cc1cc(S)ccc1C#N.F.F.F.F.F. The molecule has 5 rings (SSSR count). The van der Waals surface area contributed by atoms with Crippen LogP contribution in [0.25, 0.3) is 0 Å². The number of hydrogen-bond acceptors (Lipinski definition) is 10. The lowest BCUT2D eigenvalue weighted by molar-refractivity contribution is 1.11. The summed E-state index contributed by atoms with van der Waals surface area (Å²) in [5, 5.41) is 42.7. The fourth-order valence-electron chi connectivity index (χ4n) is 3.87. The Labute approximate surface area is 347 Å². The number of nitrogens with zero attached hydrogens (tertiary/aromatic N) is 5. The quantitative estimate of drug-likeness (QED) is 0.0786. The molecule has 5 aromatic carbocycles. The van der Waals surface area contributed by atoms with Gasteiger partial charge in [-0.2, -0.15) is 26.3 Å². The summed E-state index contributed by atoms with van der Waals surface area (Å²) in [7, 11) is 0. The Morgan fingerprint density at radius 2 is 0.418 bits per heavy atom. The number of rotatable bonds is 0. The number of aryl methyl sites for hydroxylation is 5. The molecule has 0 fully saturated rings. The van der Waals surface area contributed by atoms with Crippen molar-refractivity contribution in [2.24, 2.45) is 0 Å². The zero-order chi connectivity index (χ0) is 37.8. The number of thiol groups is 5. The smallest absolute Gasteiger partial charge is 0.0994 e. The molecular weight excluding hydrogens is 806 g/mol. The Morgan fingerprint density at radius 1 is 0.291 bits per heavy atom. The number of hydrogen-bond donors (Lipinski definition) is 5. The van der Waals surface area contributed by atoms with Crippen molar-refractivity contribution in [1.82, 2.24) is 0 Å². The minimum Gasteiger partial charge on any atom is -0.269 e. The highest BCUT2D eigenvalue weighted by atomic mass is 32.1. The summed E-state index contributed by atoms with van der Waals surface area (Å²) in [6.45, 7) is 9.51. The first-order valence-electron chi connectivity index (χ1n) is 14.7. The van der Waals surface area contributed by atoms with Gasteiger partial charge < -0.3 is 0 Å². The Balaban J connectivity index is -0.000000185. The molecular formula is C40H40F5N5S5. The third-order valence-corrected chi connectivity index (χ3v) is 8.04. The Bertz CT molecular complexity index is 1810. The zero-order valence-corrected chi connectivity index (χ0v) is 34.6. The van der Waals surface area contributed by atoms with Crippen molar-refractivity contribution in [3.05, 3.63) is 147 Å². The van der Waals surface area contributed by atoms with Crippen LogP contribution in [0.3, 0.4) is 0 Å². The monoisotopic (exact) mass is 845 g/mol. The van der Waals surface area contributed by atoms with Gasteiger partial charge in [0.25, 0.3) is 0 Å². The maximum absolute atomic E-state index is 8.53. The number of benzene rings is 5. The van der Waals surface area contributed by atoms with E-state index in [9.17, 15) is 0 Å². The van der Waals surface area contributed by atoms with E-state index in [1.54, 1.807) is 30.3 Å². The van der Waals surface area contributed by atoms with Crippen LogP contribution >= 0.6 is 63.1 Å². The molecule has 0 amide bonds. The van der Waals surface area contributed by atoms with Crippen molar-refractivity contribution < 1.29 is 23.5 Å². The van der Waals surface area contributed by atoms with E-state index in [4.69, 9.17) is 26.3 Å². The Kier molecular flexibility index (Phi) is 33.7. The highest BCUT2D eigenvalue weighted by molar-refractivity contribution is 7.81. The molecule has 0 spiro atoms. The first-order chi connectivity index (χ1) is 23.7. The second-order valence-electron chi connectivity index (χ2n) is 10.6. The number of nitriles is 5. The molecule has 0 aliphatic carbocycles. The standard InChI is InChI=1S/5C8H7NS.5FH/c5*1-6-4-8(10)3-2-7(6)5-9;;;;;/h5*2-4,10H,1H3;5*1H. The maximum atomic E-state index is 8.53. The van der Waals surface area contributed by atoms with E-state index in [1.807, 2.05) is 95.3 Å². The normalized spacial score (nSPS) is 8.09. The van der Waals surface area contributed by atoms with Gasteiger partial charge in [-0.25, -0.2) is 0 Å². The first kappa shape index (κ1) is 59.2. The molecule has 15 heteroatoms. The van der Waals surface area contributed by atoms with Gasteiger partial charge in [0.15, 0.2) is 0 Å². The largest absolute Gasteiger partial charge is 0.269 e.